The first-order valence-corrected chi connectivity index (χ1v) is 18.6. The smallest absolute Gasteiger partial charge is 0.358 e. The van der Waals surface area contributed by atoms with Gasteiger partial charge in [0.25, 0.3) is 0 Å². The zero-order valence-electron chi connectivity index (χ0n) is 32.0. The average molecular weight is 765 g/mol. The molecule has 0 aliphatic heterocycles. The van der Waals surface area contributed by atoms with Crippen LogP contribution in [0.25, 0.3) is 11.1 Å². The molecule has 0 heterocycles. The molecule has 3 heteroatoms. The Bertz CT molecular complexity index is 1430. The van der Waals surface area contributed by atoms with E-state index in [4.69, 9.17) is 0 Å². The molecule has 0 spiro atoms. The van der Waals surface area contributed by atoms with Crippen LogP contribution in [0.4, 0.5) is 0 Å². The number of rotatable bonds is 1. The molecule has 3 aliphatic rings. The zero-order valence-corrected chi connectivity index (χ0v) is 36.1. The van der Waals surface area contributed by atoms with Crippen LogP contribution in [0.2, 0.25) is 0 Å². The molecule has 0 saturated heterocycles. The average Bonchev–Trinajstić information content (AvgIpc) is 3.56. The van der Waals surface area contributed by atoms with Crippen LogP contribution in [0, 0.1) is 57.7 Å². The molecule has 3 aliphatic carbocycles. The molecule has 0 bridgehead atoms. The Hall–Kier alpha value is -1.53. The first kappa shape index (κ1) is 46.5. The van der Waals surface area contributed by atoms with Gasteiger partial charge in [0.1, 0.15) is 0 Å². The predicted octanol–water partition coefficient (Wildman–Crippen LogP) is 13.2. The van der Waals surface area contributed by atoms with Crippen molar-refractivity contribution < 1.29 is 24.2 Å². The standard InChI is InChI=1S/C23H29.C13H19.C7H7.CH3.CH2.2ClH.Zr/c1-14-9-16-11-17-10-15(2)21(23(6,7)8)13-19(17)18(16)12-20(14)22(3,4)5;1-11-6-7-12(10-11)13(2)8-4-3-5-9-13;1-7-5-3-2-4-6-7;;;;;/h9,12-13H,11H2,1-8H3;7,10-11H,3-5,8-9H2,1-2H3;3-6H,1H3;1H3;1H2;2*1H;/q4*-1;;;;. The van der Waals surface area contributed by atoms with Crippen molar-refractivity contribution in [1.29, 1.82) is 0 Å². The molecule has 0 nitrogen and oxygen atoms in total. The maximum atomic E-state index is 3.69. The molecule has 6 rings (SSSR count). The van der Waals surface area contributed by atoms with E-state index >= 15 is 0 Å². The Balaban J connectivity index is 0.000000748. The van der Waals surface area contributed by atoms with Crippen molar-refractivity contribution in [2.24, 2.45) is 11.3 Å². The van der Waals surface area contributed by atoms with E-state index in [1.54, 1.807) is 5.57 Å². The third-order valence-electron chi connectivity index (χ3n) is 9.55. The number of hydrogen-bond acceptors (Lipinski definition) is 0. The maximum absolute atomic E-state index is 3.69. The van der Waals surface area contributed by atoms with Gasteiger partial charge in [-0.25, -0.2) is 6.08 Å². The van der Waals surface area contributed by atoms with Gasteiger partial charge in [-0.2, -0.15) is 65.2 Å². The van der Waals surface area contributed by atoms with Gasteiger partial charge in [-0.1, -0.05) is 136 Å². The van der Waals surface area contributed by atoms with Gasteiger partial charge >= 0.3 is 28.4 Å². The second kappa shape index (κ2) is 19.8. The molecule has 264 valence electrons. The number of benzene rings is 3. The fourth-order valence-electron chi connectivity index (χ4n) is 7.08. The van der Waals surface area contributed by atoms with E-state index in [1.165, 1.54) is 106 Å². The van der Waals surface area contributed by atoms with Gasteiger partial charge in [0.15, 0.2) is 0 Å². The molecular formula is C45H62Cl2Zr-4. The zero-order chi connectivity index (χ0) is 33.6. The van der Waals surface area contributed by atoms with Crippen molar-refractivity contribution in [3.63, 3.8) is 0 Å². The van der Waals surface area contributed by atoms with E-state index in [0.29, 0.717) is 11.3 Å². The fourth-order valence-corrected chi connectivity index (χ4v) is 7.08. The van der Waals surface area contributed by atoms with Gasteiger partial charge in [-0.3, -0.25) is 6.08 Å². The molecule has 48 heavy (non-hydrogen) atoms. The molecule has 3 aromatic carbocycles. The van der Waals surface area contributed by atoms with Crippen molar-refractivity contribution in [2.75, 3.05) is 0 Å². The van der Waals surface area contributed by atoms with Crippen molar-refractivity contribution in [3.8, 4) is 11.1 Å². The Morgan fingerprint density at radius 2 is 1.35 bits per heavy atom. The topological polar surface area (TPSA) is 0 Å². The fraction of sp³-hybridized carbons (Fsp3) is 0.467. The van der Waals surface area contributed by atoms with Crippen LogP contribution in [-0.2, 0) is 41.5 Å². The second-order valence-corrected chi connectivity index (χ2v) is 15.6. The van der Waals surface area contributed by atoms with Crippen LogP contribution in [-0.4, -0.2) is 4.21 Å². The quantitative estimate of drug-likeness (QED) is 0.169. The second-order valence-electron chi connectivity index (χ2n) is 15.6. The molecule has 0 radical (unpaired) electrons. The van der Waals surface area contributed by atoms with E-state index in [9.17, 15) is 0 Å². The van der Waals surface area contributed by atoms with Crippen molar-refractivity contribution >= 4 is 29.0 Å². The van der Waals surface area contributed by atoms with Crippen molar-refractivity contribution in [3.05, 3.63) is 125 Å². The number of fused-ring (bicyclic) bond motifs is 3. The summed E-state index contributed by atoms with van der Waals surface area (Å²) in [7, 11) is 0. The third-order valence-corrected chi connectivity index (χ3v) is 9.55. The summed E-state index contributed by atoms with van der Waals surface area (Å²) in [5, 5.41) is 0. The molecule has 0 aromatic heterocycles. The van der Waals surface area contributed by atoms with E-state index in [-0.39, 0.29) is 43.1 Å². The summed E-state index contributed by atoms with van der Waals surface area (Å²) in [5.74, 6) is 0.550. The largest absolute Gasteiger partial charge is 0.358 e. The molecule has 1 saturated carbocycles. The van der Waals surface area contributed by atoms with Gasteiger partial charge in [0.2, 0.25) is 0 Å². The number of halogens is 2. The van der Waals surface area contributed by atoms with Crippen molar-refractivity contribution in [1.82, 2.24) is 0 Å². The first-order valence-electron chi connectivity index (χ1n) is 16.9. The molecular weight excluding hydrogens is 703 g/mol. The van der Waals surface area contributed by atoms with Crippen LogP contribution in [0.1, 0.15) is 126 Å². The van der Waals surface area contributed by atoms with E-state index in [1.807, 2.05) is 24.3 Å². The normalized spacial score (nSPS) is 16.6. The van der Waals surface area contributed by atoms with Gasteiger partial charge < -0.3 is 7.43 Å². The minimum Gasteiger partial charge on any atom is -0.358 e. The maximum Gasteiger partial charge on any atom is -0.358 e. The minimum absolute atomic E-state index is 0. The van der Waals surface area contributed by atoms with Gasteiger partial charge in [0, 0.05) is 0 Å². The Labute approximate surface area is 323 Å². The Morgan fingerprint density at radius 1 is 0.812 bits per heavy atom. The van der Waals surface area contributed by atoms with Crippen LogP contribution in [0.15, 0.2) is 60.2 Å². The number of allylic oxidation sites excluding steroid dienone is 4. The van der Waals surface area contributed by atoms with Crippen LogP contribution >= 0.6 is 24.8 Å². The molecule has 3 aromatic rings. The summed E-state index contributed by atoms with van der Waals surface area (Å²) in [5.41, 5.74) is 14.9. The Kier molecular flexibility index (Phi) is 19.1. The van der Waals surface area contributed by atoms with Gasteiger partial charge in [-0.15, -0.1) is 41.5 Å². The summed E-state index contributed by atoms with van der Waals surface area (Å²) in [6, 6.07) is 21.8. The van der Waals surface area contributed by atoms with E-state index in [2.05, 4.69) is 129 Å². The third kappa shape index (κ3) is 12.1. The summed E-state index contributed by atoms with van der Waals surface area (Å²) in [6.45, 7) is 25.0. The molecule has 1 unspecified atom stereocenters. The summed E-state index contributed by atoms with van der Waals surface area (Å²) >= 11 is 1.30. The van der Waals surface area contributed by atoms with Crippen molar-refractivity contribution in [2.45, 2.75) is 126 Å². The molecule has 1 fully saturated rings. The minimum atomic E-state index is 0. The molecule has 0 amide bonds. The monoisotopic (exact) mass is 762 g/mol. The number of hydrogen-bond donors (Lipinski definition) is 0. The molecule has 1 atom stereocenters. The summed E-state index contributed by atoms with van der Waals surface area (Å²) in [4.78, 5) is 0. The van der Waals surface area contributed by atoms with E-state index in [0.717, 1.165) is 6.42 Å². The van der Waals surface area contributed by atoms with Crippen LogP contribution in [0.5, 0.6) is 0 Å². The summed E-state index contributed by atoms with van der Waals surface area (Å²) in [6.07, 6.45) is 16.0. The molecule has 0 N–H and O–H groups in total. The van der Waals surface area contributed by atoms with E-state index < -0.39 is 0 Å². The summed E-state index contributed by atoms with van der Waals surface area (Å²) < 4.78 is 3.34. The SMILES string of the molecule is CC1[C-]=CC(C2(C)CCCCC2)=C1.Cc1[c-]c2c(cc1C(C)(C)C)-c1cc(C(C)(C)C)c(C)cc1C2.Cc1cc[c-]cc1.Cl.Cl.[CH2]=[Zr].[CH3-]. The van der Waals surface area contributed by atoms with Gasteiger partial charge in [0.05, 0.1) is 0 Å². The first-order chi connectivity index (χ1) is 21.1. The van der Waals surface area contributed by atoms with Crippen LogP contribution < -0.4 is 0 Å². The predicted molar refractivity (Wildman–Crippen MR) is 215 cm³/mol. The Morgan fingerprint density at radius 3 is 1.81 bits per heavy atom. The van der Waals surface area contributed by atoms with Crippen LogP contribution in [0.3, 0.4) is 0 Å². The van der Waals surface area contributed by atoms with Gasteiger partial charge in [-0.05, 0) is 35.4 Å². The number of aryl methyl sites for hydroxylation is 3.